The lowest BCUT2D eigenvalue weighted by molar-refractivity contribution is 0.330. The summed E-state index contributed by atoms with van der Waals surface area (Å²) in [4.78, 5) is 2.30. The third-order valence-corrected chi connectivity index (χ3v) is 11.0. The van der Waals surface area contributed by atoms with Crippen molar-refractivity contribution in [2.24, 2.45) is 0 Å². The summed E-state index contributed by atoms with van der Waals surface area (Å²) in [5, 5.41) is 55.4. The van der Waals surface area contributed by atoms with Gasteiger partial charge in [0.2, 0.25) is 17.2 Å². The van der Waals surface area contributed by atoms with Crippen molar-refractivity contribution in [3.8, 4) is 62.1 Å². The Balaban J connectivity index is 1.09. The zero-order valence-corrected chi connectivity index (χ0v) is 28.9. The van der Waals surface area contributed by atoms with Crippen LogP contribution in [0.5, 0.6) is 28.7 Å². The largest absolute Gasteiger partial charge is 0.504 e. The second kappa shape index (κ2) is 12.7. The average Bonchev–Trinajstić information content (AvgIpc) is 3.58. The van der Waals surface area contributed by atoms with Gasteiger partial charge in [-0.15, -0.1) is 11.3 Å². The molecule has 6 nitrogen and oxygen atoms in total. The minimum Gasteiger partial charge on any atom is -0.504 e. The Morgan fingerprint density at radius 2 is 0.906 bits per heavy atom. The highest BCUT2D eigenvalue weighted by Crippen LogP contribution is 2.55. The Hall–Kier alpha value is -6.96. The third kappa shape index (κ3) is 5.42. The highest BCUT2D eigenvalue weighted by Gasteiger charge is 2.25. The molecular formula is C46H31NO5S. The molecular weight excluding hydrogens is 679 g/mol. The maximum atomic E-state index is 10.5. The quantitative estimate of drug-likeness (QED) is 0.0870. The van der Waals surface area contributed by atoms with Gasteiger partial charge in [0.25, 0.3) is 0 Å². The molecule has 53 heavy (non-hydrogen) atoms. The van der Waals surface area contributed by atoms with E-state index in [1.807, 2.05) is 12.1 Å². The lowest BCUT2D eigenvalue weighted by Crippen LogP contribution is -2.10. The maximum Gasteiger partial charge on any atom is 0.208 e. The molecule has 0 amide bonds. The van der Waals surface area contributed by atoms with Crippen LogP contribution in [-0.2, 0) is 0 Å². The number of aromatic hydroxyl groups is 5. The van der Waals surface area contributed by atoms with Crippen molar-refractivity contribution in [3.63, 3.8) is 0 Å². The molecule has 0 aliphatic rings. The van der Waals surface area contributed by atoms with E-state index in [1.54, 1.807) is 23.5 Å². The van der Waals surface area contributed by atoms with Gasteiger partial charge in [-0.1, -0.05) is 109 Å². The Morgan fingerprint density at radius 1 is 0.358 bits per heavy atom. The van der Waals surface area contributed by atoms with Gasteiger partial charge in [0.1, 0.15) is 0 Å². The topological polar surface area (TPSA) is 104 Å². The van der Waals surface area contributed by atoms with E-state index in [1.165, 1.54) is 10.9 Å². The van der Waals surface area contributed by atoms with E-state index in [9.17, 15) is 25.5 Å². The van der Waals surface area contributed by atoms with E-state index in [2.05, 4.69) is 138 Å². The number of fused-ring (bicyclic) bond motifs is 4. The van der Waals surface area contributed by atoms with E-state index < -0.39 is 28.7 Å². The second-order valence-electron chi connectivity index (χ2n) is 12.9. The predicted molar refractivity (Wildman–Crippen MR) is 216 cm³/mol. The number of hydrogen-bond acceptors (Lipinski definition) is 7. The molecule has 1 aromatic heterocycles. The maximum absolute atomic E-state index is 10.5. The van der Waals surface area contributed by atoms with Crippen LogP contribution < -0.4 is 4.90 Å². The van der Waals surface area contributed by atoms with Gasteiger partial charge >= 0.3 is 0 Å². The summed E-state index contributed by atoms with van der Waals surface area (Å²) in [5.41, 5.74) is 7.84. The molecule has 9 rings (SSSR count). The third-order valence-electron chi connectivity index (χ3n) is 9.83. The lowest BCUT2D eigenvalue weighted by atomic mass is 9.99. The summed E-state index contributed by atoms with van der Waals surface area (Å²) >= 11 is 1.56. The van der Waals surface area contributed by atoms with Crippen molar-refractivity contribution < 1.29 is 25.5 Å². The van der Waals surface area contributed by atoms with E-state index in [0.29, 0.717) is 5.56 Å². The first-order valence-electron chi connectivity index (χ1n) is 17.0. The molecule has 0 saturated carbocycles. The Morgan fingerprint density at radius 3 is 1.60 bits per heavy atom. The highest BCUT2D eigenvalue weighted by molar-refractivity contribution is 7.25. The molecule has 0 bridgehead atoms. The first-order valence-corrected chi connectivity index (χ1v) is 17.9. The summed E-state index contributed by atoms with van der Waals surface area (Å²) < 4.78 is 1.95. The number of benzene rings is 8. The molecule has 0 aliphatic heterocycles. The van der Waals surface area contributed by atoms with Crippen LogP contribution in [0.1, 0.15) is 0 Å². The second-order valence-corrected chi connectivity index (χ2v) is 14.0. The number of phenolic OH excluding ortho intramolecular Hbond substituents is 5. The van der Waals surface area contributed by atoms with Gasteiger partial charge in [0.15, 0.2) is 11.5 Å². The first kappa shape index (κ1) is 32.0. The molecule has 0 atom stereocenters. The lowest BCUT2D eigenvalue weighted by Gasteiger charge is -2.27. The standard InChI is InChI=1S/C46H31NO5S/c48-42-41(43(49)45(51)46(52)44(42)50)32-17-23-36-37-25-31(18-24-39(37)53-40(36)26-32)29-15-21-34(22-16-29)47(38-12-6-10-30-9-4-5-11-35(30)38)33-19-13-28(14-20-33)27-7-2-1-3-8-27/h1-26,48-52H. The minimum absolute atomic E-state index is 0.164. The normalized spacial score (nSPS) is 11.4. The van der Waals surface area contributed by atoms with Crippen molar-refractivity contribution in [2.75, 3.05) is 4.90 Å². The van der Waals surface area contributed by atoms with Crippen molar-refractivity contribution in [1.82, 2.24) is 0 Å². The monoisotopic (exact) mass is 709 g/mol. The number of phenols is 5. The van der Waals surface area contributed by atoms with Gasteiger partial charge in [-0.3, -0.25) is 0 Å². The molecule has 0 aliphatic carbocycles. The van der Waals surface area contributed by atoms with Crippen molar-refractivity contribution >= 4 is 59.3 Å². The predicted octanol–water partition coefficient (Wildman–Crippen LogP) is 12.2. The van der Waals surface area contributed by atoms with Crippen LogP contribution >= 0.6 is 11.3 Å². The number of nitrogens with zero attached hydrogens (tertiary/aromatic N) is 1. The molecule has 256 valence electrons. The number of rotatable bonds is 6. The summed E-state index contributed by atoms with van der Waals surface area (Å²) in [7, 11) is 0. The fourth-order valence-corrected chi connectivity index (χ4v) is 8.26. The minimum atomic E-state index is -0.981. The van der Waals surface area contributed by atoms with E-state index in [0.717, 1.165) is 59.3 Å². The molecule has 1 heterocycles. The van der Waals surface area contributed by atoms with Crippen LogP contribution in [0.4, 0.5) is 17.1 Å². The molecule has 0 spiro atoms. The SMILES string of the molecule is Oc1c(O)c(O)c(-c2ccc3c(c2)sc2ccc(-c4ccc(N(c5ccc(-c6ccccc6)cc5)c5cccc6ccccc56)cc4)cc23)c(O)c1O. The van der Waals surface area contributed by atoms with Gasteiger partial charge in [0.05, 0.1) is 11.3 Å². The Labute approximate surface area is 308 Å². The molecule has 0 fully saturated rings. The van der Waals surface area contributed by atoms with Gasteiger partial charge in [-0.25, -0.2) is 0 Å². The van der Waals surface area contributed by atoms with Crippen molar-refractivity contribution in [2.45, 2.75) is 0 Å². The van der Waals surface area contributed by atoms with Gasteiger partial charge in [-0.05, 0) is 81.7 Å². The van der Waals surface area contributed by atoms with Crippen molar-refractivity contribution in [1.29, 1.82) is 0 Å². The molecule has 0 saturated heterocycles. The summed E-state index contributed by atoms with van der Waals surface area (Å²) in [6.07, 6.45) is 0. The number of thiophene rings is 1. The zero-order valence-electron chi connectivity index (χ0n) is 28.1. The smallest absolute Gasteiger partial charge is 0.208 e. The number of hydrogen-bond donors (Lipinski definition) is 5. The van der Waals surface area contributed by atoms with E-state index in [-0.39, 0.29) is 5.56 Å². The van der Waals surface area contributed by atoms with Crippen molar-refractivity contribution in [3.05, 3.63) is 158 Å². The molecule has 0 radical (unpaired) electrons. The van der Waals surface area contributed by atoms with Crippen LogP contribution in [0.15, 0.2) is 158 Å². The van der Waals surface area contributed by atoms with Crippen LogP contribution in [0.25, 0.3) is 64.3 Å². The molecule has 5 N–H and O–H groups in total. The summed E-state index contributed by atoms with van der Waals surface area (Å²) in [6, 6.07) is 54.3. The van der Waals surface area contributed by atoms with Crippen LogP contribution in [0, 0.1) is 0 Å². The summed E-state index contributed by atoms with van der Waals surface area (Å²) in [6.45, 7) is 0. The molecule has 8 aromatic carbocycles. The Bertz CT molecular complexity index is 2800. The van der Waals surface area contributed by atoms with Crippen LogP contribution in [0.2, 0.25) is 0 Å². The van der Waals surface area contributed by atoms with E-state index in [4.69, 9.17) is 0 Å². The van der Waals surface area contributed by atoms with Gasteiger partial charge in [0, 0.05) is 36.9 Å². The van der Waals surface area contributed by atoms with Crippen LogP contribution in [0.3, 0.4) is 0 Å². The van der Waals surface area contributed by atoms with E-state index >= 15 is 0 Å². The van der Waals surface area contributed by atoms with Gasteiger partial charge in [-0.2, -0.15) is 0 Å². The molecule has 7 heteroatoms. The Kier molecular flexibility index (Phi) is 7.64. The average molecular weight is 710 g/mol. The fraction of sp³-hybridized carbons (Fsp3) is 0. The molecule has 0 unspecified atom stereocenters. The number of anilines is 3. The van der Waals surface area contributed by atoms with Gasteiger partial charge < -0.3 is 30.4 Å². The first-order chi connectivity index (χ1) is 25.9. The highest BCUT2D eigenvalue weighted by atomic mass is 32.1. The fourth-order valence-electron chi connectivity index (χ4n) is 7.14. The van der Waals surface area contributed by atoms with Crippen LogP contribution in [-0.4, -0.2) is 25.5 Å². The summed E-state index contributed by atoms with van der Waals surface area (Å²) in [5.74, 6) is -4.21. The molecule has 9 aromatic rings. The zero-order chi connectivity index (χ0) is 36.2.